The normalized spacial score (nSPS) is 15.0. The molecule has 8 rings (SSSR count). The van der Waals surface area contributed by atoms with Crippen LogP contribution in [0.1, 0.15) is 44.5 Å². The Morgan fingerprint density at radius 3 is 1.88 bits per heavy atom. The molecule has 2 nitrogen and oxygen atoms in total. The topological polar surface area (TPSA) is 9.86 Å². The minimum atomic E-state index is 0.0979. The fourth-order valence-electron chi connectivity index (χ4n) is 7.01. The number of hydrogen-bond acceptors (Lipinski definition) is 0. The largest absolute Gasteiger partial charge is 0.310 e. The van der Waals surface area contributed by atoms with Crippen molar-refractivity contribution in [2.75, 3.05) is 0 Å². The first-order valence-corrected chi connectivity index (χ1v) is 15.4. The molecule has 1 unspecified atom stereocenters. The number of rotatable bonds is 3. The van der Waals surface area contributed by atoms with Crippen LogP contribution in [-0.2, 0) is 11.8 Å². The van der Waals surface area contributed by atoms with Gasteiger partial charge < -0.3 is 9.13 Å². The van der Waals surface area contributed by atoms with Crippen LogP contribution < -0.4 is 0 Å². The number of nitrogens with zero attached hydrogens (tertiary/aromatic N) is 2. The number of para-hydroxylation sites is 2. The highest BCUT2D eigenvalue weighted by molar-refractivity contribution is 6.09. The number of benzene rings is 5. The van der Waals surface area contributed by atoms with E-state index in [0.29, 0.717) is 5.92 Å². The van der Waals surface area contributed by atoms with Gasteiger partial charge in [0.15, 0.2) is 0 Å². The molecule has 0 saturated carbocycles. The van der Waals surface area contributed by atoms with E-state index in [-0.39, 0.29) is 5.41 Å². The minimum Gasteiger partial charge on any atom is -0.310 e. The average molecular weight is 557 g/mol. The molecule has 0 radical (unpaired) electrons. The monoisotopic (exact) mass is 556 g/mol. The zero-order chi connectivity index (χ0) is 29.3. The first-order valence-electron chi connectivity index (χ1n) is 15.4. The van der Waals surface area contributed by atoms with Gasteiger partial charge in [-0.2, -0.15) is 0 Å². The highest BCUT2D eigenvalue weighted by Crippen LogP contribution is 2.38. The van der Waals surface area contributed by atoms with E-state index in [1.165, 1.54) is 72.0 Å². The summed E-state index contributed by atoms with van der Waals surface area (Å²) in [6.07, 6.45) is 5.75. The first-order chi connectivity index (χ1) is 20.9. The van der Waals surface area contributed by atoms with Gasteiger partial charge in [0.2, 0.25) is 0 Å². The van der Waals surface area contributed by atoms with E-state index in [0.717, 1.165) is 6.42 Å². The number of allylic oxidation sites excluding steroid dienone is 1. The van der Waals surface area contributed by atoms with E-state index < -0.39 is 0 Å². The van der Waals surface area contributed by atoms with E-state index in [2.05, 4.69) is 164 Å². The van der Waals surface area contributed by atoms with Crippen LogP contribution in [0.2, 0.25) is 0 Å². The van der Waals surface area contributed by atoms with Crippen LogP contribution >= 0.6 is 0 Å². The second-order valence-corrected chi connectivity index (χ2v) is 13.2. The SMILES string of the molecule is CC1C=Cc2c(c3ccccc3n2-c2cccc(-c3cccc(-n4c5ccccc5c5cc(C(C)(C)C)ccc54)c3)c2)C1. The Balaban J connectivity index is 1.28. The van der Waals surface area contributed by atoms with Gasteiger partial charge in [0.25, 0.3) is 0 Å². The summed E-state index contributed by atoms with van der Waals surface area (Å²) in [6, 6.07) is 42.7. The summed E-state index contributed by atoms with van der Waals surface area (Å²) < 4.78 is 4.87. The molecule has 0 spiro atoms. The lowest BCUT2D eigenvalue weighted by Crippen LogP contribution is -2.10. The predicted octanol–water partition coefficient (Wildman–Crippen LogP) is 10.9. The van der Waals surface area contributed by atoms with Crippen LogP contribution in [0.15, 0.2) is 121 Å². The zero-order valence-corrected chi connectivity index (χ0v) is 25.3. The molecular weight excluding hydrogens is 520 g/mol. The molecule has 0 amide bonds. The summed E-state index contributed by atoms with van der Waals surface area (Å²) >= 11 is 0. The van der Waals surface area contributed by atoms with Gasteiger partial charge >= 0.3 is 0 Å². The molecule has 0 aliphatic heterocycles. The van der Waals surface area contributed by atoms with Crippen molar-refractivity contribution in [3.05, 3.63) is 138 Å². The third-order valence-corrected chi connectivity index (χ3v) is 9.21. The first kappa shape index (κ1) is 25.9. The lowest BCUT2D eigenvalue weighted by atomic mass is 9.86. The third kappa shape index (κ3) is 4.16. The van der Waals surface area contributed by atoms with Crippen molar-refractivity contribution < 1.29 is 0 Å². The smallest absolute Gasteiger partial charge is 0.0541 e. The standard InChI is InChI=1S/C41H36N2/c1-27-19-21-39-35(23-27)33-15-5-7-17-37(33)42(39)31-13-9-11-28(24-31)29-12-10-14-32(25-29)43-38-18-8-6-16-34(38)36-26-30(41(2,3)4)20-22-40(36)43/h5-22,24-27H,23H2,1-4H3. The average Bonchev–Trinajstić information content (AvgIpc) is 3.53. The molecule has 0 N–H and O–H groups in total. The van der Waals surface area contributed by atoms with Crippen molar-refractivity contribution in [1.29, 1.82) is 0 Å². The second kappa shape index (κ2) is 9.61. The van der Waals surface area contributed by atoms with Crippen LogP contribution in [0, 0.1) is 5.92 Å². The quantitative estimate of drug-likeness (QED) is 0.205. The highest BCUT2D eigenvalue weighted by Gasteiger charge is 2.21. The van der Waals surface area contributed by atoms with Crippen molar-refractivity contribution in [2.24, 2.45) is 5.92 Å². The molecule has 2 heteroatoms. The molecule has 2 aromatic heterocycles. The van der Waals surface area contributed by atoms with Crippen molar-refractivity contribution in [3.8, 4) is 22.5 Å². The molecular formula is C41H36N2. The molecule has 7 aromatic rings. The maximum atomic E-state index is 2.44. The van der Waals surface area contributed by atoms with Gasteiger partial charge in [0.1, 0.15) is 0 Å². The summed E-state index contributed by atoms with van der Waals surface area (Å²) in [7, 11) is 0. The van der Waals surface area contributed by atoms with Crippen LogP contribution in [-0.4, -0.2) is 9.13 Å². The van der Waals surface area contributed by atoms with Crippen LogP contribution in [0.3, 0.4) is 0 Å². The molecule has 0 bridgehead atoms. The lowest BCUT2D eigenvalue weighted by molar-refractivity contribution is 0.591. The van der Waals surface area contributed by atoms with Crippen molar-refractivity contribution in [3.63, 3.8) is 0 Å². The molecule has 1 aliphatic carbocycles. The minimum absolute atomic E-state index is 0.0979. The van der Waals surface area contributed by atoms with Gasteiger partial charge in [-0.25, -0.2) is 0 Å². The summed E-state index contributed by atoms with van der Waals surface area (Å²) in [5.41, 5.74) is 12.8. The van der Waals surface area contributed by atoms with E-state index in [4.69, 9.17) is 0 Å². The second-order valence-electron chi connectivity index (χ2n) is 13.2. The third-order valence-electron chi connectivity index (χ3n) is 9.21. The van der Waals surface area contributed by atoms with Crippen molar-refractivity contribution >= 4 is 38.8 Å². The van der Waals surface area contributed by atoms with E-state index >= 15 is 0 Å². The van der Waals surface area contributed by atoms with E-state index in [1.807, 2.05) is 0 Å². The van der Waals surface area contributed by atoms with Gasteiger partial charge in [0, 0.05) is 33.2 Å². The van der Waals surface area contributed by atoms with Crippen LogP contribution in [0.4, 0.5) is 0 Å². The predicted molar refractivity (Wildman–Crippen MR) is 184 cm³/mol. The fourth-order valence-corrected chi connectivity index (χ4v) is 7.01. The maximum Gasteiger partial charge on any atom is 0.0541 e. The number of hydrogen-bond donors (Lipinski definition) is 0. The van der Waals surface area contributed by atoms with Crippen molar-refractivity contribution in [2.45, 2.75) is 39.5 Å². The van der Waals surface area contributed by atoms with Gasteiger partial charge in [-0.15, -0.1) is 0 Å². The molecule has 5 aromatic carbocycles. The van der Waals surface area contributed by atoms with Crippen LogP contribution in [0.5, 0.6) is 0 Å². The van der Waals surface area contributed by atoms with E-state index in [9.17, 15) is 0 Å². The Morgan fingerprint density at radius 1 is 0.581 bits per heavy atom. The molecule has 2 heterocycles. The van der Waals surface area contributed by atoms with Crippen LogP contribution in [0.25, 0.3) is 61.3 Å². The Hall–Kier alpha value is -4.82. The zero-order valence-electron chi connectivity index (χ0n) is 25.3. The lowest BCUT2D eigenvalue weighted by Gasteiger charge is -2.19. The Kier molecular flexibility index (Phi) is 5.78. The summed E-state index contributed by atoms with van der Waals surface area (Å²) in [6.45, 7) is 9.16. The Labute approximate surface area is 253 Å². The van der Waals surface area contributed by atoms with Gasteiger partial charge in [-0.1, -0.05) is 101 Å². The van der Waals surface area contributed by atoms with Crippen molar-refractivity contribution in [1.82, 2.24) is 9.13 Å². The highest BCUT2D eigenvalue weighted by atomic mass is 15.0. The maximum absolute atomic E-state index is 2.44. The van der Waals surface area contributed by atoms with Gasteiger partial charge in [-0.05, 0) is 94.6 Å². The van der Waals surface area contributed by atoms with E-state index in [1.54, 1.807) is 0 Å². The number of fused-ring (bicyclic) bond motifs is 6. The Bertz CT molecular complexity index is 2210. The number of aromatic nitrogens is 2. The summed E-state index contributed by atoms with van der Waals surface area (Å²) in [5.74, 6) is 0.557. The fraction of sp³-hybridized carbons (Fsp3) is 0.171. The summed E-state index contributed by atoms with van der Waals surface area (Å²) in [5, 5.41) is 3.96. The molecule has 0 fully saturated rings. The van der Waals surface area contributed by atoms with Gasteiger partial charge in [-0.3, -0.25) is 0 Å². The molecule has 43 heavy (non-hydrogen) atoms. The molecule has 1 aliphatic rings. The molecule has 0 saturated heterocycles. The molecule has 210 valence electrons. The molecule has 1 atom stereocenters. The summed E-state index contributed by atoms with van der Waals surface area (Å²) in [4.78, 5) is 0. The van der Waals surface area contributed by atoms with Gasteiger partial charge in [0.05, 0.1) is 16.6 Å². The Morgan fingerprint density at radius 2 is 1.19 bits per heavy atom.